The van der Waals surface area contributed by atoms with Gasteiger partial charge in [-0.25, -0.2) is 0 Å². The Morgan fingerprint density at radius 1 is 1.35 bits per heavy atom. The van der Waals surface area contributed by atoms with E-state index in [1.165, 1.54) is 5.56 Å². The van der Waals surface area contributed by atoms with E-state index in [0.29, 0.717) is 11.7 Å². The molecule has 2 rings (SSSR count). The van der Waals surface area contributed by atoms with Crippen LogP contribution in [0.3, 0.4) is 0 Å². The van der Waals surface area contributed by atoms with Crippen LogP contribution in [0.5, 0.6) is 5.75 Å². The zero-order valence-corrected chi connectivity index (χ0v) is 14.4. The number of hydrogen-bond donors (Lipinski definition) is 2. The van der Waals surface area contributed by atoms with Crippen LogP contribution in [0.15, 0.2) is 36.9 Å². The number of hydrogen-bond acceptors (Lipinski definition) is 4. The fraction of sp³-hybridized carbons (Fsp3) is 0.471. The zero-order valence-electron chi connectivity index (χ0n) is 13.6. The predicted octanol–water partition coefficient (Wildman–Crippen LogP) is 1.72. The Bertz CT molecular complexity index is 501. The highest BCUT2D eigenvalue weighted by molar-refractivity contribution is 7.80. The monoisotopic (exact) mass is 335 g/mol. The van der Waals surface area contributed by atoms with Gasteiger partial charge in [0.25, 0.3) is 0 Å². The summed E-state index contributed by atoms with van der Waals surface area (Å²) in [6.45, 7) is 8.47. The molecule has 0 bridgehead atoms. The van der Waals surface area contributed by atoms with Gasteiger partial charge in [0, 0.05) is 26.2 Å². The third-order valence-electron chi connectivity index (χ3n) is 3.85. The van der Waals surface area contributed by atoms with E-state index >= 15 is 0 Å². The smallest absolute Gasteiger partial charge is 0.166 e. The summed E-state index contributed by atoms with van der Waals surface area (Å²) in [5.41, 5.74) is 1.24. The molecule has 1 aliphatic rings. The number of methoxy groups -OCH3 is 1. The first-order chi connectivity index (χ1) is 11.2. The van der Waals surface area contributed by atoms with Gasteiger partial charge in [-0.15, -0.1) is 6.58 Å². The van der Waals surface area contributed by atoms with Crippen LogP contribution >= 0.6 is 12.2 Å². The van der Waals surface area contributed by atoms with Gasteiger partial charge in [0.05, 0.1) is 26.4 Å². The third-order valence-corrected chi connectivity index (χ3v) is 4.14. The average Bonchev–Trinajstić information content (AvgIpc) is 2.61. The first-order valence-corrected chi connectivity index (χ1v) is 8.23. The second kappa shape index (κ2) is 9.50. The summed E-state index contributed by atoms with van der Waals surface area (Å²) < 4.78 is 10.7. The highest BCUT2D eigenvalue weighted by Gasteiger charge is 2.22. The van der Waals surface area contributed by atoms with Crippen molar-refractivity contribution < 1.29 is 9.47 Å². The van der Waals surface area contributed by atoms with E-state index in [-0.39, 0.29) is 6.04 Å². The van der Waals surface area contributed by atoms with Gasteiger partial charge in [-0.2, -0.15) is 0 Å². The Labute approximate surface area is 143 Å². The van der Waals surface area contributed by atoms with E-state index in [1.807, 2.05) is 12.1 Å². The predicted molar refractivity (Wildman–Crippen MR) is 96.9 cm³/mol. The number of nitrogens with zero attached hydrogens (tertiary/aromatic N) is 1. The van der Waals surface area contributed by atoms with Crippen molar-refractivity contribution in [2.75, 3.05) is 46.5 Å². The van der Waals surface area contributed by atoms with Crippen LogP contribution in [0, 0.1) is 0 Å². The van der Waals surface area contributed by atoms with Gasteiger partial charge < -0.3 is 20.1 Å². The van der Waals surface area contributed by atoms with Crippen LogP contribution in [-0.2, 0) is 4.74 Å². The molecule has 6 heteroatoms. The first-order valence-electron chi connectivity index (χ1n) is 7.83. The SMILES string of the molecule is C=CCNC(=S)NC[C@@H](c1ccc(OC)cc1)N1CCOCC1. The van der Waals surface area contributed by atoms with Crippen LogP contribution in [0.4, 0.5) is 0 Å². The minimum absolute atomic E-state index is 0.244. The van der Waals surface area contributed by atoms with Crippen molar-refractivity contribution >= 4 is 17.3 Å². The van der Waals surface area contributed by atoms with E-state index in [0.717, 1.165) is 38.6 Å². The molecule has 23 heavy (non-hydrogen) atoms. The molecule has 0 saturated carbocycles. The molecule has 0 aromatic heterocycles. The molecular formula is C17H25N3O2S. The molecule has 1 fully saturated rings. The summed E-state index contributed by atoms with van der Waals surface area (Å²) in [4.78, 5) is 2.43. The van der Waals surface area contributed by atoms with Gasteiger partial charge in [0.1, 0.15) is 5.75 Å². The molecule has 126 valence electrons. The highest BCUT2D eigenvalue weighted by Crippen LogP contribution is 2.23. The van der Waals surface area contributed by atoms with Crippen LogP contribution in [0.25, 0.3) is 0 Å². The number of benzene rings is 1. The lowest BCUT2D eigenvalue weighted by Crippen LogP contribution is -2.45. The number of morpholine rings is 1. The summed E-state index contributed by atoms with van der Waals surface area (Å²) in [5.74, 6) is 0.866. The number of ether oxygens (including phenoxy) is 2. The second-order valence-electron chi connectivity index (χ2n) is 5.32. The van der Waals surface area contributed by atoms with E-state index in [4.69, 9.17) is 21.7 Å². The zero-order chi connectivity index (χ0) is 16.5. The van der Waals surface area contributed by atoms with Gasteiger partial charge in [-0.1, -0.05) is 18.2 Å². The number of nitrogens with one attached hydrogen (secondary N) is 2. The molecule has 1 aromatic carbocycles. The maximum atomic E-state index is 5.47. The molecule has 5 nitrogen and oxygen atoms in total. The molecule has 0 amide bonds. The summed E-state index contributed by atoms with van der Waals surface area (Å²) in [6.07, 6.45) is 1.79. The molecule has 1 atom stereocenters. The summed E-state index contributed by atoms with van der Waals surface area (Å²) in [5, 5.41) is 7.05. The number of thiocarbonyl (C=S) groups is 1. The van der Waals surface area contributed by atoms with Crippen molar-refractivity contribution in [2.45, 2.75) is 6.04 Å². The Morgan fingerprint density at radius 3 is 2.65 bits per heavy atom. The molecule has 1 aromatic rings. The Kier molecular flexibility index (Phi) is 7.32. The van der Waals surface area contributed by atoms with Crippen molar-refractivity contribution in [3.05, 3.63) is 42.5 Å². The lowest BCUT2D eigenvalue weighted by Gasteiger charge is -2.35. The summed E-state index contributed by atoms with van der Waals surface area (Å²) in [6, 6.07) is 8.46. The Hall–Kier alpha value is -1.63. The van der Waals surface area contributed by atoms with Gasteiger partial charge >= 0.3 is 0 Å². The molecule has 1 saturated heterocycles. The van der Waals surface area contributed by atoms with E-state index < -0.39 is 0 Å². The lowest BCUT2D eigenvalue weighted by atomic mass is 10.0. The Balaban J connectivity index is 2.04. The molecule has 0 radical (unpaired) electrons. The van der Waals surface area contributed by atoms with Crippen LogP contribution in [-0.4, -0.2) is 56.5 Å². The van der Waals surface area contributed by atoms with Crippen molar-refractivity contribution in [3.63, 3.8) is 0 Å². The van der Waals surface area contributed by atoms with Crippen molar-refractivity contribution in [1.82, 2.24) is 15.5 Å². The molecule has 1 heterocycles. The third kappa shape index (κ3) is 5.49. The largest absolute Gasteiger partial charge is 0.497 e. The molecule has 0 unspecified atom stereocenters. The Morgan fingerprint density at radius 2 is 2.04 bits per heavy atom. The summed E-state index contributed by atoms with van der Waals surface area (Å²) in [7, 11) is 1.68. The minimum atomic E-state index is 0.244. The fourth-order valence-electron chi connectivity index (χ4n) is 2.59. The fourth-order valence-corrected chi connectivity index (χ4v) is 2.76. The average molecular weight is 335 g/mol. The molecule has 1 aliphatic heterocycles. The van der Waals surface area contributed by atoms with Gasteiger partial charge in [0.2, 0.25) is 0 Å². The normalized spacial score (nSPS) is 16.4. The van der Waals surface area contributed by atoms with Crippen LogP contribution in [0.1, 0.15) is 11.6 Å². The van der Waals surface area contributed by atoms with E-state index in [1.54, 1.807) is 13.2 Å². The highest BCUT2D eigenvalue weighted by atomic mass is 32.1. The second-order valence-corrected chi connectivity index (χ2v) is 5.73. The maximum Gasteiger partial charge on any atom is 0.166 e. The van der Waals surface area contributed by atoms with Crippen molar-refractivity contribution in [3.8, 4) is 5.75 Å². The first kappa shape index (κ1) is 17.7. The molecule has 2 N–H and O–H groups in total. The number of rotatable bonds is 7. The molecule has 0 spiro atoms. The van der Waals surface area contributed by atoms with Crippen LogP contribution < -0.4 is 15.4 Å². The van der Waals surface area contributed by atoms with Crippen LogP contribution in [0.2, 0.25) is 0 Å². The minimum Gasteiger partial charge on any atom is -0.497 e. The van der Waals surface area contributed by atoms with E-state index in [2.05, 4.69) is 34.2 Å². The van der Waals surface area contributed by atoms with Gasteiger partial charge in [0.15, 0.2) is 5.11 Å². The van der Waals surface area contributed by atoms with Crippen molar-refractivity contribution in [1.29, 1.82) is 0 Å². The lowest BCUT2D eigenvalue weighted by molar-refractivity contribution is 0.0170. The van der Waals surface area contributed by atoms with Gasteiger partial charge in [-0.05, 0) is 29.9 Å². The van der Waals surface area contributed by atoms with Gasteiger partial charge in [-0.3, -0.25) is 4.90 Å². The topological polar surface area (TPSA) is 45.8 Å². The van der Waals surface area contributed by atoms with E-state index in [9.17, 15) is 0 Å². The quantitative estimate of drug-likeness (QED) is 0.584. The maximum absolute atomic E-state index is 5.47. The molecular weight excluding hydrogens is 310 g/mol. The standard InChI is InChI=1S/C17H25N3O2S/c1-3-8-18-17(23)19-13-16(20-9-11-22-12-10-20)14-4-6-15(21-2)7-5-14/h3-7,16H,1,8-13H2,2H3,(H2,18,19,23)/t16-/m0/s1. The summed E-state index contributed by atoms with van der Waals surface area (Å²) >= 11 is 5.30. The van der Waals surface area contributed by atoms with Crippen molar-refractivity contribution in [2.24, 2.45) is 0 Å². The molecule has 0 aliphatic carbocycles.